The molecule has 2 rings (SSSR count). The Morgan fingerprint density at radius 3 is 2.81 bits per heavy atom. The van der Waals surface area contributed by atoms with E-state index in [0.29, 0.717) is 6.54 Å². The van der Waals surface area contributed by atoms with Crippen molar-refractivity contribution in [2.45, 2.75) is 27.2 Å². The Morgan fingerprint density at radius 2 is 2.12 bits per heavy atom. The lowest BCUT2D eigenvalue weighted by Gasteiger charge is -2.31. The van der Waals surface area contributed by atoms with Crippen LogP contribution in [0.25, 0.3) is 0 Å². The van der Waals surface area contributed by atoms with Gasteiger partial charge in [-0.3, -0.25) is 4.79 Å². The van der Waals surface area contributed by atoms with Crippen LogP contribution in [0.15, 0.2) is 12.1 Å². The summed E-state index contributed by atoms with van der Waals surface area (Å²) >= 11 is 0. The summed E-state index contributed by atoms with van der Waals surface area (Å²) in [6, 6.07) is 4.12. The Hall–Kier alpha value is -1.51. The van der Waals surface area contributed by atoms with Gasteiger partial charge in [0.15, 0.2) is 0 Å². The molecule has 1 aromatic rings. The van der Waals surface area contributed by atoms with Crippen LogP contribution in [0, 0.1) is 13.8 Å². The monoisotopic (exact) mass is 218 g/mol. The summed E-state index contributed by atoms with van der Waals surface area (Å²) in [6.45, 7) is 7.50. The van der Waals surface area contributed by atoms with Gasteiger partial charge in [-0.15, -0.1) is 0 Å². The maximum absolute atomic E-state index is 11.8. The van der Waals surface area contributed by atoms with Gasteiger partial charge in [0.2, 0.25) is 5.91 Å². The predicted octanol–water partition coefficient (Wildman–Crippen LogP) is 2.47. The first-order chi connectivity index (χ1) is 7.65. The largest absolute Gasteiger partial charge is 0.374 e. The number of nitrogens with zero attached hydrogens (tertiary/aromatic N) is 1. The molecule has 0 aliphatic carbocycles. The Morgan fingerprint density at radius 1 is 1.38 bits per heavy atom. The summed E-state index contributed by atoms with van der Waals surface area (Å²) in [4.78, 5) is 13.7. The van der Waals surface area contributed by atoms with Crippen LogP contribution in [0.1, 0.15) is 24.5 Å². The Labute approximate surface area is 96.5 Å². The summed E-state index contributed by atoms with van der Waals surface area (Å²) in [5.74, 6) is 0.164. The first-order valence-corrected chi connectivity index (χ1v) is 5.79. The number of amides is 1. The van der Waals surface area contributed by atoms with Gasteiger partial charge in [-0.1, -0.05) is 13.0 Å². The fourth-order valence-corrected chi connectivity index (χ4v) is 2.11. The molecule has 1 heterocycles. The van der Waals surface area contributed by atoms with Crippen molar-refractivity contribution in [1.82, 2.24) is 0 Å². The van der Waals surface area contributed by atoms with Crippen LogP contribution in [0.5, 0.6) is 0 Å². The second-order valence-electron chi connectivity index (χ2n) is 4.30. The van der Waals surface area contributed by atoms with Crippen molar-refractivity contribution in [1.29, 1.82) is 0 Å². The molecule has 1 aromatic carbocycles. The van der Waals surface area contributed by atoms with E-state index < -0.39 is 0 Å². The summed E-state index contributed by atoms with van der Waals surface area (Å²) in [6.07, 6.45) is 0.984. The Kier molecular flexibility index (Phi) is 2.86. The summed E-state index contributed by atoms with van der Waals surface area (Å²) in [5, 5.41) is 3.22. The number of aryl methyl sites for hydroxylation is 1. The molecule has 0 fully saturated rings. The molecule has 0 unspecified atom stereocenters. The van der Waals surface area contributed by atoms with E-state index in [1.54, 1.807) is 0 Å². The molecule has 3 nitrogen and oxygen atoms in total. The lowest BCUT2D eigenvalue weighted by atomic mass is 10.0. The molecule has 16 heavy (non-hydrogen) atoms. The first kappa shape index (κ1) is 11.0. The van der Waals surface area contributed by atoms with Crippen LogP contribution in [0.4, 0.5) is 11.4 Å². The molecule has 0 saturated heterocycles. The number of benzene rings is 1. The zero-order valence-corrected chi connectivity index (χ0v) is 10.1. The van der Waals surface area contributed by atoms with Crippen LogP contribution in [0.3, 0.4) is 0 Å². The third-order valence-electron chi connectivity index (χ3n) is 3.17. The van der Waals surface area contributed by atoms with Crippen molar-refractivity contribution in [2.24, 2.45) is 0 Å². The fourth-order valence-electron chi connectivity index (χ4n) is 2.11. The SMILES string of the molecule is CCCN1C(=O)CNc2c1ccc(C)c2C. The number of fused-ring (bicyclic) bond motifs is 1. The third kappa shape index (κ3) is 1.66. The second kappa shape index (κ2) is 4.16. The molecule has 1 aliphatic rings. The second-order valence-corrected chi connectivity index (χ2v) is 4.30. The highest BCUT2D eigenvalue weighted by molar-refractivity contribution is 6.03. The van der Waals surface area contributed by atoms with Crippen LogP contribution >= 0.6 is 0 Å². The molecule has 0 atom stereocenters. The maximum atomic E-state index is 11.8. The minimum Gasteiger partial charge on any atom is -0.374 e. The van der Waals surface area contributed by atoms with Crippen LogP contribution < -0.4 is 10.2 Å². The molecule has 1 N–H and O–H groups in total. The van der Waals surface area contributed by atoms with Gasteiger partial charge in [0.25, 0.3) is 0 Å². The fraction of sp³-hybridized carbons (Fsp3) is 0.462. The van der Waals surface area contributed by atoms with Crippen molar-refractivity contribution < 1.29 is 4.79 Å². The average Bonchev–Trinajstić information content (AvgIpc) is 2.27. The number of nitrogens with one attached hydrogen (secondary N) is 1. The van der Waals surface area contributed by atoms with Crippen molar-refractivity contribution in [3.05, 3.63) is 23.3 Å². The average molecular weight is 218 g/mol. The van der Waals surface area contributed by atoms with E-state index in [0.717, 1.165) is 24.3 Å². The van der Waals surface area contributed by atoms with Crippen LogP contribution in [0.2, 0.25) is 0 Å². The molecular formula is C13H18N2O. The number of carbonyl (C=O) groups is 1. The van der Waals surface area contributed by atoms with Gasteiger partial charge in [-0.25, -0.2) is 0 Å². The van der Waals surface area contributed by atoms with Gasteiger partial charge in [0.05, 0.1) is 17.9 Å². The van der Waals surface area contributed by atoms with Gasteiger partial charge >= 0.3 is 0 Å². The molecule has 0 radical (unpaired) electrons. The van der Waals surface area contributed by atoms with Crippen molar-refractivity contribution in [2.75, 3.05) is 23.3 Å². The zero-order chi connectivity index (χ0) is 11.7. The topological polar surface area (TPSA) is 32.3 Å². The number of hydrogen-bond donors (Lipinski definition) is 1. The van der Waals surface area contributed by atoms with Crippen molar-refractivity contribution in [3.63, 3.8) is 0 Å². The summed E-state index contributed by atoms with van der Waals surface area (Å²) < 4.78 is 0. The standard InChI is InChI=1S/C13H18N2O/c1-4-7-15-11-6-5-9(2)10(3)13(11)14-8-12(15)16/h5-6,14H,4,7-8H2,1-3H3. The maximum Gasteiger partial charge on any atom is 0.246 e. The highest BCUT2D eigenvalue weighted by Crippen LogP contribution is 2.34. The van der Waals surface area contributed by atoms with Crippen molar-refractivity contribution >= 4 is 17.3 Å². The van der Waals surface area contributed by atoms with Crippen molar-refractivity contribution in [3.8, 4) is 0 Å². The van der Waals surface area contributed by atoms with E-state index in [4.69, 9.17) is 0 Å². The van der Waals surface area contributed by atoms with Gasteiger partial charge < -0.3 is 10.2 Å². The Balaban J connectivity index is 2.48. The van der Waals surface area contributed by atoms with E-state index in [1.165, 1.54) is 11.1 Å². The molecule has 0 aromatic heterocycles. The molecule has 0 saturated carbocycles. The molecular weight excluding hydrogens is 200 g/mol. The van der Waals surface area contributed by atoms with E-state index in [2.05, 4.69) is 32.2 Å². The highest BCUT2D eigenvalue weighted by Gasteiger charge is 2.24. The quantitative estimate of drug-likeness (QED) is 0.827. The van der Waals surface area contributed by atoms with E-state index >= 15 is 0 Å². The normalized spacial score (nSPS) is 14.7. The molecule has 0 bridgehead atoms. The first-order valence-electron chi connectivity index (χ1n) is 5.79. The number of anilines is 2. The van der Waals surface area contributed by atoms with Gasteiger partial charge in [-0.05, 0) is 37.5 Å². The van der Waals surface area contributed by atoms with Crippen LogP contribution in [-0.2, 0) is 4.79 Å². The van der Waals surface area contributed by atoms with Gasteiger partial charge in [-0.2, -0.15) is 0 Å². The lowest BCUT2D eigenvalue weighted by Crippen LogP contribution is -2.40. The molecule has 1 aliphatic heterocycles. The molecule has 0 spiro atoms. The van der Waals surface area contributed by atoms with E-state index in [1.807, 2.05) is 11.0 Å². The van der Waals surface area contributed by atoms with E-state index in [-0.39, 0.29) is 5.91 Å². The highest BCUT2D eigenvalue weighted by atomic mass is 16.2. The number of hydrogen-bond acceptors (Lipinski definition) is 2. The lowest BCUT2D eigenvalue weighted by molar-refractivity contribution is -0.117. The summed E-state index contributed by atoms with van der Waals surface area (Å²) in [5.41, 5.74) is 4.65. The zero-order valence-electron chi connectivity index (χ0n) is 10.1. The predicted molar refractivity (Wildman–Crippen MR) is 67.0 cm³/mol. The third-order valence-corrected chi connectivity index (χ3v) is 3.17. The number of carbonyl (C=O) groups excluding carboxylic acids is 1. The van der Waals surface area contributed by atoms with E-state index in [9.17, 15) is 4.79 Å². The molecule has 3 heteroatoms. The number of rotatable bonds is 2. The van der Waals surface area contributed by atoms with Gasteiger partial charge in [0, 0.05) is 6.54 Å². The van der Waals surface area contributed by atoms with Gasteiger partial charge in [0.1, 0.15) is 0 Å². The minimum absolute atomic E-state index is 0.164. The molecule has 86 valence electrons. The smallest absolute Gasteiger partial charge is 0.246 e. The molecule has 1 amide bonds. The van der Waals surface area contributed by atoms with Crippen LogP contribution in [-0.4, -0.2) is 19.0 Å². The Bertz CT molecular complexity index is 426. The summed E-state index contributed by atoms with van der Waals surface area (Å²) in [7, 11) is 0. The minimum atomic E-state index is 0.164.